The van der Waals surface area contributed by atoms with Crippen molar-refractivity contribution in [2.45, 2.75) is 51.5 Å². The van der Waals surface area contributed by atoms with Crippen LogP contribution in [0, 0.1) is 5.92 Å². The summed E-state index contributed by atoms with van der Waals surface area (Å²) in [5, 5.41) is 12.9. The molecule has 0 aromatic carbocycles. The molecule has 0 radical (unpaired) electrons. The van der Waals surface area contributed by atoms with Gasteiger partial charge < -0.3 is 10.4 Å². The topological polar surface area (TPSA) is 66.4 Å². The minimum Gasteiger partial charge on any atom is -0.394 e. The van der Waals surface area contributed by atoms with Gasteiger partial charge in [0.25, 0.3) is 0 Å². The van der Waals surface area contributed by atoms with Crippen molar-refractivity contribution < 1.29 is 13.5 Å². The van der Waals surface area contributed by atoms with Crippen molar-refractivity contribution >= 4 is 9.84 Å². The molecule has 1 fully saturated rings. The molecule has 2 unspecified atom stereocenters. The molecule has 0 saturated heterocycles. The van der Waals surface area contributed by atoms with Gasteiger partial charge in [-0.1, -0.05) is 26.7 Å². The molecule has 0 aromatic rings. The first-order valence-electron chi connectivity index (χ1n) is 6.99. The molecule has 0 bridgehead atoms. The molecule has 2 N–H and O–H groups in total. The van der Waals surface area contributed by atoms with E-state index in [9.17, 15) is 13.5 Å². The Morgan fingerprint density at radius 3 is 2.67 bits per heavy atom. The van der Waals surface area contributed by atoms with E-state index in [2.05, 4.69) is 12.2 Å². The Morgan fingerprint density at radius 1 is 1.39 bits per heavy atom. The van der Waals surface area contributed by atoms with E-state index in [4.69, 9.17) is 0 Å². The van der Waals surface area contributed by atoms with Crippen molar-refractivity contribution in [3.63, 3.8) is 0 Å². The summed E-state index contributed by atoms with van der Waals surface area (Å²) in [6.07, 6.45) is 4.87. The van der Waals surface area contributed by atoms with Crippen LogP contribution in [0.4, 0.5) is 0 Å². The van der Waals surface area contributed by atoms with Crippen molar-refractivity contribution in [2.24, 2.45) is 5.92 Å². The van der Waals surface area contributed by atoms with Crippen LogP contribution in [-0.4, -0.2) is 43.7 Å². The van der Waals surface area contributed by atoms with Crippen molar-refractivity contribution in [3.8, 4) is 0 Å². The van der Waals surface area contributed by atoms with E-state index in [1.807, 2.05) is 6.92 Å². The molecule has 5 heteroatoms. The Kier molecular flexibility index (Phi) is 6.08. The maximum Gasteiger partial charge on any atom is 0.151 e. The zero-order valence-electron chi connectivity index (χ0n) is 11.6. The minimum absolute atomic E-state index is 0.102. The fraction of sp³-hybridized carbons (Fsp3) is 1.00. The van der Waals surface area contributed by atoms with Crippen LogP contribution >= 0.6 is 0 Å². The smallest absolute Gasteiger partial charge is 0.151 e. The molecule has 0 heterocycles. The second kappa shape index (κ2) is 6.87. The lowest BCUT2D eigenvalue weighted by Crippen LogP contribution is -2.52. The van der Waals surface area contributed by atoms with Crippen LogP contribution in [0.5, 0.6) is 0 Å². The molecule has 108 valence electrons. The first-order chi connectivity index (χ1) is 8.43. The maximum atomic E-state index is 11.6. The van der Waals surface area contributed by atoms with Gasteiger partial charge in [0.2, 0.25) is 0 Å². The molecule has 0 aliphatic heterocycles. The van der Waals surface area contributed by atoms with Crippen LogP contribution in [0.1, 0.15) is 46.0 Å². The summed E-state index contributed by atoms with van der Waals surface area (Å²) in [6, 6.07) is 0. The highest BCUT2D eigenvalue weighted by atomic mass is 32.2. The van der Waals surface area contributed by atoms with E-state index in [1.54, 1.807) is 0 Å². The predicted octanol–water partition coefficient (Wildman–Crippen LogP) is 1.34. The number of aliphatic hydroxyl groups excluding tert-OH is 1. The minimum atomic E-state index is -2.93. The highest BCUT2D eigenvalue weighted by molar-refractivity contribution is 7.91. The molecular formula is C13H27NO3S. The zero-order chi connectivity index (χ0) is 13.6. The van der Waals surface area contributed by atoms with Gasteiger partial charge in [0.1, 0.15) is 0 Å². The molecule has 1 aliphatic carbocycles. The summed E-state index contributed by atoms with van der Waals surface area (Å²) in [4.78, 5) is 0. The van der Waals surface area contributed by atoms with E-state index in [-0.39, 0.29) is 23.7 Å². The van der Waals surface area contributed by atoms with Gasteiger partial charge >= 0.3 is 0 Å². The molecule has 0 amide bonds. The summed E-state index contributed by atoms with van der Waals surface area (Å²) in [5.41, 5.74) is -0.251. The van der Waals surface area contributed by atoms with Crippen molar-refractivity contribution in [2.75, 3.05) is 24.7 Å². The lowest BCUT2D eigenvalue weighted by atomic mass is 9.77. The van der Waals surface area contributed by atoms with Gasteiger partial charge in [-0.2, -0.15) is 0 Å². The van der Waals surface area contributed by atoms with Gasteiger partial charge in [0.15, 0.2) is 9.84 Å². The van der Waals surface area contributed by atoms with Gasteiger partial charge in [0.05, 0.1) is 12.4 Å². The largest absolute Gasteiger partial charge is 0.394 e. The van der Waals surface area contributed by atoms with E-state index >= 15 is 0 Å². The summed E-state index contributed by atoms with van der Waals surface area (Å²) in [5.74, 6) is 1.04. The third-order valence-corrected chi connectivity index (χ3v) is 5.68. The third kappa shape index (κ3) is 4.86. The van der Waals surface area contributed by atoms with Crippen molar-refractivity contribution in [1.82, 2.24) is 5.32 Å². The summed E-state index contributed by atoms with van der Waals surface area (Å²) in [7, 11) is -2.93. The lowest BCUT2D eigenvalue weighted by molar-refractivity contribution is 0.102. The second-order valence-electron chi connectivity index (χ2n) is 5.72. The molecule has 0 spiro atoms. The summed E-state index contributed by atoms with van der Waals surface area (Å²) in [6.45, 7) is 4.63. The van der Waals surface area contributed by atoms with Crippen molar-refractivity contribution in [3.05, 3.63) is 0 Å². The van der Waals surface area contributed by atoms with Crippen LogP contribution in [0.15, 0.2) is 0 Å². The summed E-state index contributed by atoms with van der Waals surface area (Å²) < 4.78 is 23.3. The van der Waals surface area contributed by atoms with Gasteiger partial charge in [-0.3, -0.25) is 0 Å². The van der Waals surface area contributed by atoms with Gasteiger partial charge in [-0.05, 0) is 25.2 Å². The molecule has 1 rings (SSSR count). The first kappa shape index (κ1) is 15.9. The molecular weight excluding hydrogens is 250 g/mol. The van der Waals surface area contributed by atoms with Crippen LogP contribution in [0.3, 0.4) is 0 Å². The Balaban J connectivity index is 2.45. The number of aliphatic hydroxyl groups is 1. The lowest BCUT2D eigenvalue weighted by Gasteiger charge is -2.39. The van der Waals surface area contributed by atoms with E-state index in [0.717, 1.165) is 19.3 Å². The van der Waals surface area contributed by atoms with Crippen LogP contribution < -0.4 is 5.32 Å². The number of hydrogen-bond donors (Lipinski definition) is 2. The second-order valence-corrected chi connectivity index (χ2v) is 8.02. The standard InChI is InChI=1S/C13H27NO3S/c1-3-8-18(16,17)9-7-14-13(11-15)6-4-5-12(2)10-13/h12,14-15H,3-11H2,1-2H3. The quantitative estimate of drug-likeness (QED) is 0.737. The number of nitrogens with one attached hydrogen (secondary N) is 1. The normalized spacial score (nSPS) is 29.4. The van der Waals surface area contributed by atoms with Crippen LogP contribution in [0.25, 0.3) is 0 Å². The third-order valence-electron chi connectivity index (χ3n) is 3.82. The first-order valence-corrected chi connectivity index (χ1v) is 8.81. The molecule has 4 nitrogen and oxygen atoms in total. The average molecular weight is 277 g/mol. The molecule has 1 aliphatic rings. The maximum absolute atomic E-state index is 11.6. The fourth-order valence-electron chi connectivity index (χ4n) is 2.90. The Labute approximate surface area is 111 Å². The van der Waals surface area contributed by atoms with Gasteiger partial charge in [0, 0.05) is 17.8 Å². The monoisotopic (exact) mass is 277 g/mol. The van der Waals surface area contributed by atoms with Gasteiger partial charge in [-0.25, -0.2) is 8.42 Å². The Hall–Kier alpha value is -0.130. The highest BCUT2D eigenvalue weighted by Gasteiger charge is 2.33. The SMILES string of the molecule is CCCS(=O)(=O)CCNC1(CO)CCCC(C)C1. The molecule has 2 atom stereocenters. The molecule has 1 saturated carbocycles. The molecule has 0 aromatic heterocycles. The zero-order valence-corrected chi connectivity index (χ0v) is 12.4. The number of hydrogen-bond acceptors (Lipinski definition) is 4. The Morgan fingerprint density at radius 2 is 2.11 bits per heavy atom. The average Bonchev–Trinajstić information content (AvgIpc) is 2.28. The number of sulfone groups is 1. The van der Waals surface area contributed by atoms with Gasteiger partial charge in [-0.15, -0.1) is 0 Å². The highest BCUT2D eigenvalue weighted by Crippen LogP contribution is 2.31. The van der Waals surface area contributed by atoms with E-state index in [0.29, 0.717) is 18.9 Å². The number of rotatable bonds is 7. The predicted molar refractivity (Wildman–Crippen MR) is 74.4 cm³/mol. The molecule has 18 heavy (non-hydrogen) atoms. The summed E-state index contributed by atoms with van der Waals surface area (Å²) >= 11 is 0. The van der Waals surface area contributed by atoms with E-state index < -0.39 is 9.84 Å². The van der Waals surface area contributed by atoms with E-state index in [1.165, 1.54) is 6.42 Å². The Bertz CT molecular complexity index is 342. The van der Waals surface area contributed by atoms with Crippen molar-refractivity contribution in [1.29, 1.82) is 0 Å². The van der Waals surface area contributed by atoms with Crippen LogP contribution in [0.2, 0.25) is 0 Å². The fourth-order valence-corrected chi connectivity index (χ4v) is 4.14. The van der Waals surface area contributed by atoms with Crippen LogP contribution in [-0.2, 0) is 9.84 Å².